The van der Waals surface area contributed by atoms with Crippen molar-refractivity contribution in [3.63, 3.8) is 0 Å². The third-order valence-electron chi connectivity index (χ3n) is 2.06. The van der Waals surface area contributed by atoms with Gasteiger partial charge in [0.2, 0.25) is 0 Å². The summed E-state index contributed by atoms with van der Waals surface area (Å²) in [7, 11) is 0. The SMILES string of the molecule is NCc1nc(C(=O)O)c2ccc(Br)cn12. The van der Waals surface area contributed by atoms with Crippen LogP contribution in [0.3, 0.4) is 0 Å². The number of nitrogens with two attached hydrogens (primary N) is 1. The van der Waals surface area contributed by atoms with E-state index in [0.717, 1.165) is 4.47 Å². The molecule has 6 heteroatoms. The molecule has 2 aromatic heterocycles. The lowest BCUT2D eigenvalue weighted by Crippen LogP contribution is -2.02. The van der Waals surface area contributed by atoms with E-state index in [1.54, 1.807) is 22.7 Å². The summed E-state index contributed by atoms with van der Waals surface area (Å²) in [5.41, 5.74) is 6.07. The normalized spacial score (nSPS) is 10.8. The number of halogens is 1. The van der Waals surface area contributed by atoms with Gasteiger partial charge in [-0.1, -0.05) is 0 Å². The summed E-state index contributed by atoms with van der Waals surface area (Å²) in [6.45, 7) is 0.199. The predicted octanol–water partition coefficient (Wildman–Crippen LogP) is 1.25. The van der Waals surface area contributed by atoms with E-state index < -0.39 is 5.97 Å². The second-order valence-electron chi connectivity index (χ2n) is 2.99. The zero-order chi connectivity index (χ0) is 11.0. The molecule has 2 heterocycles. The van der Waals surface area contributed by atoms with Crippen LogP contribution < -0.4 is 5.73 Å². The standard InChI is InChI=1S/C9H8BrN3O2/c10-5-1-2-6-8(9(14)15)12-7(3-11)13(6)4-5/h1-2,4H,3,11H2,(H,14,15). The highest BCUT2D eigenvalue weighted by Gasteiger charge is 2.15. The number of aromatic carboxylic acids is 1. The molecule has 0 aliphatic heterocycles. The van der Waals surface area contributed by atoms with E-state index in [0.29, 0.717) is 11.3 Å². The van der Waals surface area contributed by atoms with Crippen LogP contribution in [0.25, 0.3) is 5.52 Å². The zero-order valence-corrected chi connectivity index (χ0v) is 9.23. The van der Waals surface area contributed by atoms with E-state index in [2.05, 4.69) is 20.9 Å². The van der Waals surface area contributed by atoms with E-state index >= 15 is 0 Å². The van der Waals surface area contributed by atoms with Crippen molar-refractivity contribution >= 4 is 27.4 Å². The monoisotopic (exact) mass is 269 g/mol. The maximum Gasteiger partial charge on any atom is 0.356 e. The Bertz CT molecular complexity index is 535. The molecule has 0 amide bonds. The van der Waals surface area contributed by atoms with E-state index in [9.17, 15) is 4.79 Å². The van der Waals surface area contributed by atoms with Crippen LogP contribution in [0.4, 0.5) is 0 Å². The number of fused-ring (bicyclic) bond motifs is 1. The largest absolute Gasteiger partial charge is 0.476 e. The highest BCUT2D eigenvalue weighted by Crippen LogP contribution is 2.17. The van der Waals surface area contributed by atoms with Gasteiger partial charge in [0, 0.05) is 10.7 Å². The summed E-state index contributed by atoms with van der Waals surface area (Å²) in [5, 5.41) is 8.93. The molecule has 0 radical (unpaired) electrons. The Labute approximate surface area is 93.7 Å². The summed E-state index contributed by atoms with van der Waals surface area (Å²) >= 11 is 3.31. The van der Waals surface area contributed by atoms with Crippen LogP contribution in [0, 0.1) is 0 Å². The molecular formula is C9H8BrN3O2. The Balaban J connectivity index is 2.81. The first-order chi connectivity index (χ1) is 7.13. The molecular weight excluding hydrogens is 262 g/mol. The molecule has 0 bridgehead atoms. The molecule has 0 aliphatic rings. The number of hydrogen-bond donors (Lipinski definition) is 2. The summed E-state index contributed by atoms with van der Waals surface area (Å²) in [6, 6.07) is 3.46. The number of imidazole rings is 1. The van der Waals surface area contributed by atoms with E-state index in [-0.39, 0.29) is 12.2 Å². The predicted molar refractivity (Wildman–Crippen MR) is 57.7 cm³/mol. The van der Waals surface area contributed by atoms with Gasteiger partial charge in [-0.3, -0.25) is 0 Å². The van der Waals surface area contributed by atoms with Crippen LogP contribution in [0.1, 0.15) is 16.3 Å². The Kier molecular flexibility index (Phi) is 2.45. The zero-order valence-electron chi connectivity index (χ0n) is 7.64. The maximum absolute atomic E-state index is 10.9. The minimum atomic E-state index is -1.05. The molecule has 5 nitrogen and oxygen atoms in total. The van der Waals surface area contributed by atoms with Gasteiger partial charge in [-0.15, -0.1) is 0 Å². The number of hydrogen-bond acceptors (Lipinski definition) is 3. The summed E-state index contributed by atoms with van der Waals surface area (Å²) in [5.74, 6) is -0.516. The summed E-state index contributed by atoms with van der Waals surface area (Å²) in [4.78, 5) is 14.9. The van der Waals surface area contributed by atoms with Crippen molar-refractivity contribution in [1.82, 2.24) is 9.38 Å². The van der Waals surface area contributed by atoms with E-state index in [4.69, 9.17) is 10.8 Å². The van der Waals surface area contributed by atoms with Gasteiger partial charge in [-0.2, -0.15) is 0 Å². The number of nitrogens with zero attached hydrogens (tertiary/aromatic N) is 2. The van der Waals surface area contributed by atoms with Crippen molar-refractivity contribution in [3.05, 3.63) is 34.3 Å². The maximum atomic E-state index is 10.9. The van der Waals surface area contributed by atoms with Crippen LogP contribution >= 0.6 is 15.9 Å². The lowest BCUT2D eigenvalue weighted by atomic mass is 10.3. The van der Waals surface area contributed by atoms with E-state index in [1.165, 1.54) is 0 Å². The van der Waals surface area contributed by atoms with Crippen LogP contribution in [-0.2, 0) is 6.54 Å². The lowest BCUT2D eigenvalue weighted by Gasteiger charge is -1.98. The number of pyridine rings is 1. The molecule has 0 aliphatic carbocycles. The highest BCUT2D eigenvalue weighted by atomic mass is 79.9. The summed E-state index contributed by atoms with van der Waals surface area (Å²) < 4.78 is 2.52. The number of rotatable bonds is 2. The van der Waals surface area contributed by atoms with Crippen molar-refractivity contribution in [2.45, 2.75) is 6.54 Å². The molecule has 0 unspecified atom stereocenters. The third-order valence-corrected chi connectivity index (χ3v) is 2.53. The highest BCUT2D eigenvalue weighted by molar-refractivity contribution is 9.10. The van der Waals surface area contributed by atoms with Crippen molar-refractivity contribution in [2.75, 3.05) is 0 Å². The Hall–Kier alpha value is -1.40. The number of carbonyl (C=O) groups is 1. The number of aromatic nitrogens is 2. The van der Waals surface area contributed by atoms with Crippen molar-refractivity contribution in [2.24, 2.45) is 5.73 Å². The molecule has 3 N–H and O–H groups in total. The van der Waals surface area contributed by atoms with Gasteiger partial charge in [0.25, 0.3) is 0 Å². The van der Waals surface area contributed by atoms with Crippen LogP contribution in [-0.4, -0.2) is 20.5 Å². The Morgan fingerprint density at radius 3 is 2.93 bits per heavy atom. The summed E-state index contributed by atoms with van der Waals surface area (Å²) in [6.07, 6.45) is 1.75. The van der Waals surface area contributed by atoms with Gasteiger partial charge in [-0.25, -0.2) is 9.78 Å². The fourth-order valence-electron chi connectivity index (χ4n) is 1.42. The van der Waals surface area contributed by atoms with Crippen molar-refractivity contribution in [3.8, 4) is 0 Å². The minimum Gasteiger partial charge on any atom is -0.476 e. The fourth-order valence-corrected chi connectivity index (χ4v) is 1.76. The van der Waals surface area contributed by atoms with Gasteiger partial charge >= 0.3 is 5.97 Å². The Morgan fingerprint density at radius 2 is 2.33 bits per heavy atom. The molecule has 15 heavy (non-hydrogen) atoms. The van der Waals surface area contributed by atoms with Crippen LogP contribution in [0.5, 0.6) is 0 Å². The third kappa shape index (κ3) is 1.62. The second kappa shape index (κ2) is 3.63. The molecule has 2 aromatic rings. The molecule has 0 saturated heterocycles. The smallest absolute Gasteiger partial charge is 0.356 e. The van der Waals surface area contributed by atoms with E-state index in [1.807, 2.05) is 0 Å². The van der Waals surface area contributed by atoms with Gasteiger partial charge in [0.1, 0.15) is 5.82 Å². The average Bonchev–Trinajstić information content (AvgIpc) is 2.55. The van der Waals surface area contributed by atoms with Gasteiger partial charge < -0.3 is 15.2 Å². The molecule has 78 valence electrons. The number of carboxylic acids is 1. The van der Waals surface area contributed by atoms with Crippen LogP contribution in [0.15, 0.2) is 22.8 Å². The topological polar surface area (TPSA) is 80.6 Å². The van der Waals surface area contributed by atoms with Crippen molar-refractivity contribution < 1.29 is 9.90 Å². The molecule has 0 spiro atoms. The minimum absolute atomic E-state index is 0.0305. The molecule has 2 rings (SSSR count). The first-order valence-corrected chi connectivity index (χ1v) is 5.02. The lowest BCUT2D eigenvalue weighted by molar-refractivity contribution is 0.0693. The molecule has 0 atom stereocenters. The van der Waals surface area contributed by atoms with Gasteiger partial charge in [-0.05, 0) is 28.1 Å². The average molecular weight is 270 g/mol. The van der Waals surface area contributed by atoms with Crippen molar-refractivity contribution in [1.29, 1.82) is 0 Å². The Morgan fingerprint density at radius 1 is 1.60 bits per heavy atom. The number of carboxylic acid groups (broad SMARTS) is 1. The first-order valence-electron chi connectivity index (χ1n) is 4.23. The van der Waals surface area contributed by atoms with Gasteiger partial charge in [0.15, 0.2) is 5.69 Å². The molecule has 0 saturated carbocycles. The second-order valence-corrected chi connectivity index (χ2v) is 3.90. The molecule has 0 fully saturated rings. The van der Waals surface area contributed by atoms with Gasteiger partial charge in [0.05, 0.1) is 12.1 Å². The fraction of sp³-hybridized carbons (Fsp3) is 0.111. The quantitative estimate of drug-likeness (QED) is 0.860. The van der Waals surface area contributed by atoms with Crippen LogP contribution in [0.2, 0.25) is 0 Å². The first kappa shape index (κ1) is 10.1. The molecule has 0 aromatic carbocycles.